The number of carbonyl (C=O) groups excluding carboxylic acids is 1. The van der Waals surface area contributed by atoms with Crippen LogP contribution in [0.3, 0.4) is 0 Å². The number of aliphatic carboxylic acids is 1. The Hall–Kier alpha value is -1.40. The van der Waals surface area contributed by atoms with Gasteiger partial charge in [0.05, 0.1) is 18.6 Å². The van der Waals surface area contributed by atoms with Gasteiger partial charge >= 0.3 is 5.97 Å². The number of carboxylic acids is 1. The number of aliphatic hydroxyl groups is 1. The zero-order valence-electron chi connectivity index (χ0n) is 10.4. The normalized spacial score (nSPS) is 23.4. The monoisotopic (exact) mass is 283 g/mol. The van der Waals surface area contributed by atoms with Crippen LogP contribution in [0.5, 0.6) is 0 Å². The molecule has 1 aromatic heterocycles. The molecule has 1 heterocycles. The molecule has 1 atom stereocenters. The molecule has 19 heavy (non-hydrogen) atoms. The standard InChI is InChI=1S/C13H17NO4S/c15-9-6-8(7-9)13(10-2-1-5-19-10)14-11(16)3-4-12(17)18/h1-2,5,8-9,13,15H,3-4,6-7H2,(H,14,16)(H,17,18)/t8?,9?,13-/m1/s1. The smallest absolute Gasteiger partial charge is 0.303 e. The van der Waals surface area contributed by atoms with E-state index in [0.717, 1.165) is 4.88 Å². The minimum Gasteiger partial charge on any atom is -0.481 e. The quantitative estimate of drug-likeness (QED) is 0.739. The predicted octanol–water partition coefficient (Wildman–Crippen LogP) is 1.54. The second kappa shape index (κ2) is 6.16. The fraction of sp³-hybridized carbons (Fsp3) is 0.538. The van der Waals surface area contributed by atoms with E-state index in [2.05, 4.69) is 5.32 Å². The van der Waals surface area contributed by atoms with E-state index in [9.17, 15) is 14.7 Å². The summed E-state index contributed by atoms with van der Waals surface area (Å²) in [5, 5.41) is 22.8. The molecule has 1 aliphatic carbocycles. The third kappa shape index (κ3) is 3.78. The van der Waals surface area contributed by atoms with Crippen molar-refractivity contribution in [2.45, 2.75) is 37.8 Å². The third-order valence-electron chi connectivity index (χ3n) is 3.35. The molecule has 2 rings (SSSR count). The molecule has 104 valence electrons. The Kier molecular flexibility index (Phi) is 4.55. The van der Waals surface area contributed by atoms with Crippen molar-refractivity contribution in [2.24, 2.45) is 5.92 Å². The van der Waals surface area contributed by atoms with Crippen LogP contribution in [0.15, 0.2) is 17.5 Å². The Morgan fingerprint density at radius 1 is 1.42 bits per heavy atom. The van der Waals surface area contributed by atoms with Gasteiger partial charge in [-0.3, -0.25) is 9.59 Å². The molecule has 0 spiro atoms. The number of aliphatic hydroxyl groups excluding tert-OH is 1. The average molecular weight is 283 g/mol. The summed E-state index contributed by atoms with van der Waals surface area (Å²) in [6.45, 7) is 0. The van der Waals surface area contributed by atoms with Crippen LogP contribution < -0.4 is 5.32 Å². The Bertz CT molecular complexity index is 440. The topological polar surface area (TPSA) is 86.6 Å². The van der Waals surface area contributed by atoms with Gasteiger partial charge in [0.1, 0.15) is 0 Å². The van der Waals surface area contributed by atoms with E-state index in [1.165, 1.54) is 0 Å². The molecule has 6 heteroatoms. The Morgan fingerprint density at radius 3 is 2.68 bits per heavy atom. The first-order chi connectivity index (χ1) is 9.06. The van der Waals surface area contributed by atoms with Gasteiger partial charge in [-0.2, -0.15) is 0 Å². The van der Waals surface area contributed by atoms with Crippen molar-refractivity contribution in [3.05, 3.63) is 22.4 Å². The highest BCUT2D eigenvalue weighted by Crippen LogP contribution is 2.39. The van der Waals surface area contributed by atoms with E-state index >= 15 is 0 Å². The molecule has 1 saturated carbocycles. The van der Waals surface area contributed by atoms with Crippen molar-refractivity contribution in [3.63, 3.8) is 0 Å². The van der Waals surface area contributed by atoms with Gasteiger partial charge in [-0.1, -0.05) is 6.07 Å². The van der Waals surface area contributed by atoms with Gasteiger partial charge in [0.25, 0.3) is 0 Å². The fourth-order valence-electron chi connectivity index (χ4n) is 2.26. The number of nitrogens with one attached hydrogen (secondary N) is 1. The molecular weight excluding hydrogens is 266 g/mol. The second-order valence-corrected chi connectivity index (χ2v) is 5.82. The highest BCUT2D eigenvalue weighted by atomic mass is 32.1. The Balaban J connectivity index is 1.94. The summed E-state index contributed by atoms with van der Waals surface area (Å²) in [6.07, 6.45) is 0.926. The largest absolute Gasteiger partial charge is 0.481 e. The minimum absolute atomic E-state index is 0.00746. The number of carboxylic acid groups (broad SMARTS) is 1. The molecular formula is C13H17NO4S. The lowest BCUT2D eigenvalue weighted by Gasteiger charge is -2.37. The van der Waals surface area contributed by atoms with Crippen LogP contribution in [-0.2, 0) is 9.59 Å². The molecule has 1 aliphatic rings. The average Bonchev–Trinajstić information content (AvgIpc) is 2.83. The lowest BCUT2D eigenvalue weighted by molar-refractivity contribution is -0.139. The van der Waals surface area contributed by atoms with Gasteiger partial charge in [-0.25, -0.2) is 0 Å². The highest BCUT2D eigenvalue weighted by molar-refractivity contribution is 7.10. The number of rotatable bonds is 6. The summed E-state index contributed by atoms with van der Waals surface area (Å²) < 4.78 is 0. The minimum atomic E-state index is -0.970. The van der Waals surface area contributed by atoms with Crippen molar-refractivity contribution in [2.75, 3.05) is 0 Å². The highest BCUT2D eigenvalue weighted by Gasteiger charge is 2.36. The van der Waals surface area contributed by atoms with E-state index in [-0.39, 0.29) is 36.8 Å². The molecule has 1 aromatic rings. The molecule has 3 N–H and O–H groups in total. The summed E-state index contributed by atoms with van der Waals surface area (Å²) in [7, 11) is 0. The fourth-order valence-corrected chi connectivity index (χ4v) is 3.13. The molecule has 5 nitrogen and oxygen atoms in total. The molecule has 0 radical (unpaired) electrons. The van der Waals surface area contributed by atoms with Gasteiger partial charge in [-0.05, 0) is 30.2 Å². The Morgan fingerprint density at radius 2 is 2.16 bits per heavy atom. The summed E-state index contributed by atoms with van der Waals surface area (Å²) in [4.78, 5) is 23.3. The number of carbonyl (C=O) groups is 2. The van der Waals surface area contributed by atoms with Crippen molar-refractivity contribution in [1.82, 2.24) is 5.32 Å². The first-order valence-electron chi connectivity index (χ1n) is 6.29. The number of amides is 1. The van der Waals surface area contributed by atoms with Crippen molar-refractivity contribution < 1.29 is 19.8 Å². The summed E-state index contributed by atoms with van der Waals surface area (Å²) in [5.74, 6) is -0.980. The van der Waals surface area contributed by atoms with Crippen molar-refractivity contribution in [1.29, 1.82) is 0 Å². The maximum Gasteiger partial charge on any atom is 0.303 e. The first-order valence-corrected chi connectivity index (χ1v) is 7.17. The van der Waals surface area contributed by atoms with Gasteiger partial charge < -0.3 is 15.5 Å². The SMILES string of the molecule is O=C(O)CCC(=O)N[C@@H](c1cccs1)C1CC(O)C1. The van der Waals surface area contributed by atoms with E-state index in [4.69, 9.17) is 5.11 Å². The van der Waals surface area contributed by atoms with Gasteiger partial charge in [0.15, 0.2) is 0 Å². The molecule has 0 aromatic carbocycles. The van der Waals surface area contributed by atoms with E-state index in [1.54, 1.807) is 11.3 Å². The van der Waals surface area contributed by atoms with E-state index in [0.29, 0.717) is 12.8 Å². The van der Waals surface area contributed by atoms with E-state index < -0.39 is 5.97 Å². The van der Waals surface area contributed by atoms with Gasteiger partial charge in [0.2, 0.25) is 5.91 Å². The molecule has 0 bridgehead atoms. The molecule has 1 fully saturated rings. The molecule has 1 amide bonds. The zero-order valence-corrected chi connectivity index (χ0v) is 11.2. The first kappa shape index (κ1) is 14.0. The maximum absolute atomic E-state index is 11.7. The van der Waals surface area contributed by atoms with Crippen LogP contribution in [0.4, 0.5) is 0 Å². The van der Waals surface area contributed by atoms with Crippen molar-refractivity contribution in [3.8, 4) is 0 Å². The van der Waals surface area contributed by atoms with Crippen LogP contribution in [-0.4, -0.2) is 28.2 Å². The van der Waals surface area contributed by atoms with Crippen LogP contribution in [0, 0.1) is 5.92 Å². The lowest BCUT2D eigenvalue weighted by atomic mass is 9.76. The van der Waals surface area contributed by atoms with Crippen LogP contribution >= 0.6 is 11.3 Å². The molecule has 0 saturated heterocycles. The van der Waals surface area contributed by atoms with Gasteiger partial charge in [0, 0.05) is 11.3 Å². The summed E-state index contributed by atoms with van der Waals surface area (Å²) in [6, 6.07) is 3.77. The third-order valence-corrected chi connectivity index (χ3v) is 4.31. The van der Waals surface area contributed by atoms with Gasteiger partial charge in [-0.15, -0.1) is 11.3 Å². The predicted molar refractivity (Wildman–Crippen MR) is 70.8 cm³/mol. The zero-order chi connectivity index (χ0) is 13.8. The Labute approximate surface area is 115 Å². The second-order valence-electron chi connectivity index (χ2n) is 4.84. The number of hydrogen-bond donors (Lipinski definition) is 3. The molecule has 0 aliphatic heterocycles. The number of thiophene rings is 1. The van der Waals surface area contributed by atoms with E-state index in [1.807, 2.05) is 17.5 Å². The number of hydrogen-bond acceptors (Lipinski definition) is 4. The molecule has 0 unspecified atom stereocenters. The van der Waals surface area contributed by atoms with Crippen molar-refractivity contribution >= 4 is 23.2 Å². The van der Waals surface area contributed by atoms with Crippen LogP contribution in [0.2, 0.25) is 0 Å². The van der Waals surface area contributed by atoms with Crippen LogP contribution in [0.1, 0.15) is 36.6 Å². The summed E-state index contributed by atoms with van der Waals surface area (Å²) in [5.41, 5.74) is 0. The summed E-state index contributed by atoms with van der Waals surface area (Å²) >= 11 is 1.56. The lowest BCUT2D eigenvalue weighted by Crippen LogP contribution is -2.41. The van der Waals surface area contributed by atoms with Crippen LogP contribution in [0.25, 0.3) is 0 Å². The maximum atomic E-state index is 11.7.